The van der Waals surface area contributed by atoms with Gasteiger partial charge in [-0.05, 0) is 51.0 Å². The molecule has 0 radical (unpaired) electrons. The Labute approximate surface area is 108 Å². The quantitative estimate of drug-likeness (QED) is 0.664. The van der Waals surface area contributed by atoms with Crippen molar-refractivity contribution < 1.29 is 4.74 Å². The van der Waals surface area contributed by atoms with Gasteiger partial charge in [0.05, 0.1) is 6.10 Å². The second-order valence-corrected chi connectivity index (χ2v) is 5.50. The van der Waals surface area contributed by atoms with Gasteiger partial charge in [0.1, 0.15) is 0 Å². The third-order valence-electron chi connectivity index (χ3n) is 3.96. The summed E-state index contributed by atoms with van der Waals surface area (Å²) in [5, 5.41) is 3.65. The first-order valence-corrected chi connectivity index (χ1v) is 7.62. The summed E-state index contributed by atoms with van der Waals surface area (Å²) in [5.41, 5.74) is 0. The average Bonchev–Trinajstić information content (AvgIpc) is 2.81. The Morgan fingerprint density at radius 3 is 2.71 bits per heavy atom. The Hall–Kier alpha value is -0.0800. The zero-order valence-corrected chi connectivity index (χ0v) is 12.0. The summed E-state index contributed by atoms with van der Waals surface area (Å²) in [5.74, 6) is 0.810. The first kappa shape index (κ1) is 15.0. The lowest BCUT2D eigenvalue weighted by atomic mass is 9.92. The maximum absolute atomic E-state index is 5.68. The molecule has 17 heavy (non-hydrogen) atoms. The molecule has 1 N–H and O–H groups in total. The Morgan fingerprint density at radius 2 is 2.12 bits per heavy atom. The molecule has 0 aromatic heterocycles. The fraction of sp³-hybridized carbons (Fsp3) is 1.00. The fourth-order valence-corrected chi connectivity index (χ4v) is 2.94. The van der Waals surface area contributed by atoms with Gasteiger partial charge in [0, 0.05) is 12.6 Å². The van der Waals surface area contributed by atoms with E-state index in [2.05, 4.69) is 26.1 Å². The topological polar surface area (TPSA) is 21.3 Å². The van der Waals surface area contributed by atoms with Gasteiger partial charge in [-0.1, -0.05) is 27.2 Å². The standard InChI is InChI=1S/C15H31NO/c1-4-8-13(3)15(16-5-2)11-6-9-14-10-7-12-17-14/h13-16H,4-12H2,1-3H3. The van der Waals surface area contributed by atoms with Crippen LogP contribution in [0.3, 0.4) is 0 Å². The second-order valence-electron chi connectivity index (χ2n) is 5.50. The summed E-state index contributed by atoms with van der Waals surface area (Å²) >= 11 is 0. The molecule has 1 saturated heterocycles. The maximum Gasteiger partial charge on any atom is 0.0576 e. The summed E-state index contributed by atoms with van der Waals surface area (Å²) in [6, 6.07) is 0.710. The van der Waals surface area contributed by atoms with E-state index in [0.29, 0.717) is 12.1 Å². The molecule has 1 aliphatic heterocycles. The van der Waals surface area contributed by atoms with Crippen LogP contribution in [0, 0.1) is 5.92 Å². The number of rotatable bonds is 9. The van der Waals surface area contributed by atoms with Crippen molar-refractivity contribution in [1.82, 2.24) is 5.32 Å². The first-order valence-electron chi connectivity index (χ1n) is 7.62. The first-order chi connectivity index (χ1) is 8.27. The van der Waals surface area contributed by atoms with E-state index in [0.717, 1.165) is 19.1 Å². The van der Waals surface area contributed by atoms with Gasteiger partial charge in [0.15, 0.2) is 0 Å². The lowest BCUT2D eigenvalue weighted by Crippen LogP contribution is -2.35. The molecule has 3 unspecified atom stereocenters. The third kappa shape index (κ3) is 5.87. The van der Waals surface area contributed by atoms with Crippen molar-refractivity contribution in [2.45, 2.75) is 77.9 Å². The monoisotopic (exact) mass is 241 g/mol. The molecule has 0 saturated carbocycles. The van der Waals surface area contributed by atoms with E-state index in [9.17, 15) is 0 Å². The minimum Gasteiger partial charge on any atom is -0.378 e. The number of hydrogen-bond donors (Lipinski definition) is 1. The molecule has 2 nitrogen and oxygen atoms in total. The summed E-state index contributed by atoms with van der Waals surface area (Å²) in [6.45, 7) is 8.98. The summed E-state index contributed by atoms with van der Waals surface area (Å²) in [4.78, 5) is 0. The Morgan fingerprint density at radius 1 is 1.29 bits per heavy atom. The van der Waals surface area contributed by atoms with Crippen molar-refractivity contribution in [2.75, 3.05) is 13.2 Å². The van der Waals surface area contributed by atoms with Crippen LogP contribution in [0.2, 0.25) is 0 Å². The van der Waals surface area contributed by atoms with Crippen LogP contribution in [0.5, 0.6) is 0 Å². The van der Waals surface area contributed by atoms with E-state index in [1.165, 1.54) is 44.9 Å². The minimum atomic E-state index is 0.568. The van der Waals surface area contributed by atoms with Crippen LogP contribution in [-0.4, -0.2) is 25.3 Å². The van der Waals surface area contributed by atoms with E-state index >= 15 is 0 Å². The van der Waals surface area contributed by atoms with Crippen molar-refractivity contribution in [3.05, 3.63) is 0 Å². The van der Waals surface area contributed by atoms with Gasteiger partial charge < -0.3 is 10.1 Å². The number of ether oxygens (including phenoxy) is 1. The molecule has 0 aromatic carbocycles. The SMILES string of the molecule is CCCC(C)C(CCCC1CCCO1)NCC. The van der Waals surface area contributed by atoms with E-state index in [-0.39, 0.29) is 0 Å². The van der Waals surface area contributed by atoms with Crippen molar-refractivity contribution >= 4 is 0 Å². The third-order valence-corrected chi connectivity index (χ3v) is 3.96. The van der Waals surface area contributed by atoms with Crippen molar-refractivity contribution in [2.24, 2.45) is 5.92 Å². The molecular formula is C15H31NO. The summed E-state index contributed by atoms with van der Waals surface area (Å²) < 4.78 is 5.68. The van der Waals surface area contributed by atoms with Gasteiger partial charge in [0.25, 0.3) is 0 Å². The molecule has 0 spiro atoms. The van der Waals surface area contributed by atoms with Gasteiger partial charge in [-0.25, -0.2) is 0 Å². The molecule has 2 heteroatoms. The zero-order valence-electron chi connectivity index (χ0n) is 12.0. The zero-order chi connectivity index (χ0) is 12.5. The molecule has 0 aromatic rings. The maximum atomic E-state index is 5.68. The molecule has 0 aliphatic carbocycles. The van der Waals surface area contributed by atoms with E-state index in [1.807, 2.05) is 0 Å². The Bertz CT molecular complexity index is 178. The summed E-state index contributed by atoms with van der Waals surface area (Å²) in [6.07, 6.45) is 9.67. The van der Waals surface area contributed by atoms with E-state index in [4.69, 9.17) is 4.74 Å². The number of nitrogens with one attached hydrogen (secondary N) is 1. The molecule has 1 heterocycles. The van der Waals surface area contributed by atoms with Gasteiger partial charge in [-0.3, -0.25) is 0 Å². The molecule has 102 valence electrons. The minimum absolute atomic E-state index is 0.568. The normalized spacial score (nSPS) is 23.8. The molecule has 0 bridgehead atoms. The Balaban J connectivity index is 2.18. The van der Waals surface area contributed by atoms with Crippen LogP contribution in [0.1, 0.15) is 65.7 Å². The predicted molar refractivity (Wildman–Crippen MR) is 74.4 cm³/mol. The van der Waals surface area contributed by atoms with E-state index in [1.54, 1.807) is 0 Å². The molecule has 1 fully saturated rings. The highest BCUT2D eigenvalue weighted by molar-refractivity contribution is 4.74. The van der Waals surface area contributed by atoms with Crippen molar-refractivity contribution in [1.29, 1.82) is 0 Å². The molecule has 3 atom stereocenters. The highest BCUT2D eigenvalue weighted by atomic mass is 16.5. The highest BCUT2D eigenvalue weighted by Crippen LogP contribution is 2.21. The second kappa shape index (κ2) is 8.93. The van der Waals surface area contributed by atoms with Crippen LogP contribution in [0.15, 0.2) is 0 Å². The predicted octanol–water partition coefficient (Wildman–Crippen LogP) is 3.75. The highest BCUT2D eigenvalue weighted by Gasteiger charge is 2.18. The van der Waals surface area contributed by atoms with Crippen molar-refractivity contribution in [3.8, 4) is 0 Å². The molecule has 0 amide bonds. The van der Waals surface area contributed by atoms with Crippen molar-refractivity contribution in [3.63, 3.8) is 0 Å². The van der Waals surface area contributed by atoms with Gasteiger partial charge >= 0.3 is 0 Å². The average molecular weight is 241 g/mol. The molecule has 1 rings (SSSR count). The van der Waals surface area contributed by atoms with Crippen LogP contribution >= 0.6 is 0 Å². The van der Waals surface area contributed by atoms with Crippen LogP contribution in [0.25, 0.3) is 0 Å². The molecule has 1 aliphatic rings. The largest absolute Gasteiger partial charge is 0.378 e. The van der Waals surface area contributed by atoms with Gasteiger partial charge in [-0.15, -0.1) is 0 Å². The summed E-state index contributed by atoms with van der Waals surface area (Å²) in [7, 11) is 0. The Kier molecular flexibility index (Phi) is 7.87. The van der Waals surface area contributed by atoms with Crippen LogP contribution in [0.4, 0.5) is 0 Å². The van der Waals surface area contributed by atoms with Gasteiger partial charge in [-0.2, -0.15) is 0 Å². The van der Waals surface area contributed by atoms with Gasteiger partial charge in [0.2, 0.25) is 0 Å². The van der Waals surface area contributed by atoms with E-state index < -0.39 is 0 Å². The fourth-order valence-electron chi connectivity index (χ4n) is 2.94. The van der Waals surface area contributed by atoms with Crippen LogP contribution < -0.4 is 5.32 Å². The number of hydrogen-bond acceptors (Lipinski definition) is 2. The lowest BCUT2D eigenvalue weighted by Gasteiger charge is -2.25. The van der Waals surface area contributed by atoms with Crippen LogP contribution in [-0.2, 0) is 4.74 Å². The lowest BCUT2D eigenvalue weighted by molar-refractivity contribution is 0.100. The smallest absolute Gasteiger partial charge is 0.0576 e. The molecular weight excluding hydrogens is 210 g/mol.